The summed E-state index contributed by atoms with van der Waals surface area (Å²) in [4.78, 5) is 22.5. The van der Waals surface area contributed by atoms with Crippen LogP contribution in [0.3, 0.4) is 0 Å². The molecular formula is C14H18N2O6. The average Bonchev–Trinajstić information content (AvgIpc) is 2.48. The highest BCUT2D eigenvalue weighted by Crippen LogP contribution is 2.31. The molecule has 0 heterocycles. The number of hydrazone groups is 1. The van der Waals surface area contributed by atoms with E-state index in [1.165, 1.54) is 26.5 Å². The Hall–Kier alpha value is -2.77. The Morgan fingerprint density at radius 1 is 1.32 bits per heavy atom. The molecule has 0 aromatic heterocycles. The topological polar surface area (TPSA) is 106 Å². The number of carbonyl (C=O) groups is 2. The van der Waals surface area contributed by atoms with Crippen LogP contribution in [0.2, 0.25) is 0 Å². The van der Waals surface area contributed by atoms with Gasteiger partial charge in [-0.15, -0.1) is 0 Å². The van der Waals surface area contributed by atoms with E-state index in [4.69, 9.17) is 9.47 Å². The minimum atomic E-state index is -0.639. The van der Waals surface area contributed by atoms with Crippen molar-refractivity contribution in [3.63, 3.8) is 0 Å². The molecule has 0 bridgehead atoms. The van der Waals surface area contributed by atoms with Crippen LogP contribution >= 0.6 is 0 Å². The van der Waals surface area contributed by atoms with Crippen molar-refractivity contribution in [2.24, 2.45) is 5.10 Å². The molecule has 0 aliphatic heterocycles. The third-order valence-corrected chi connectivity index (χ3v) is 2.54. The molecule has 0 saturated heterocycles. The average molecular weight is 310 g/mol. The first-order chi connectivity index (χ1) is 10.5. The molecule has 1 rings (SSSR count). The summed E-state index contributed by atoms with van der Waals surface area (Å²) in [7, 11) is 2.88. The van der Waals surface area contributed by atoms with E-state index in [1.807, 2.05) is 0 Å². The highest BCUT2D eigenvalue weighted by Gasteiger charge is 2.11. The minimum absolute atomic E-state index is 0.125. The quantitative estimate of drug-likeness (QED) is 0.334. The van der Waals surface area contributed by atoms with Gasteiger partial charge in [0.15, 0.2) is 0 Å². The molecule has 8 nitrogen and oxygen atoms in total. The molecule has 120 valence electrons. The number of phenolic OH excluding ortho intramolecular Hbond substituents is 1. The maximum Gasteiger partial charge on any atom is 0.315 e. The zero-order valence-electron chi connectivity index (χ0n) is 12.6. The van der Waals surface area contributed by atoms with Crippen molar-refractivity contribution in [1.29, 1.82) is 0 Å². The van der Waals surface area contributed by atoms with Crippen molar-refractivity contribution in [2.75, 3.05) is 20.8 Å². The summed E-state index contributed by atoms with van der Waals surface area (Å²) in [6.07, 6.45) is 0.771. The summed E-state index contributed by atoms with van der Waals surface area (Å²) in [6.45, 7) is 1.85. The van der Waals surface area contributed by atoms with Crippen LogP contribution in [0.4, 0.5) is 0 Å². The van der Waals surface area contributed by atoms with Gasteiger partial charge in [0.2, 0.25) is 0 Å². The van der Waals surface area contributed by atoms with Crippen LogP contribution < -0.4 is 14.9 Å². The second-order valence-corrected chi connectivity index (χ2v) is 4.04. The number of hydrogen-bond donors (Lipinski definition) is 2. The van der Waals surface area contributed by atoms with Gasteiger partial charge in [-0.2, -0.15) is 5.10 Å². The summed E-state index contributed by atoms with van der Waals surface area (Å²) in [6, 6.07) is 2.94. The minimum Gasteiger partial charge on any atom is -0.507 e. The number of hydrogen-bond acceptors (Lipinski definition) is 7. The summed E-state index contributed by atoms with van der Waals surface area (Å²) in [5.41, 5.74) is 2.42. The van der Waals surface area contributed by atoms with Crippen LogP contribution in [0.15, 0.2) is 17.2 Å². The van der Waals surface area contributed by atoms with Crippen molar-refractivity contribution in [2.45, 2.75) is 13.3 Å². The molecule has 0 fully saturated rings. The molecule has 8 heteroatoms. The number of ether oxygens (including phenoxy) is 3. The Labute approximate surface area is 127 Å². The molecule has 0 aliphatic carbocycles. The number of amides is 1. The fourth-order valence-electron chi connectivity index (χ4n) is 1.56. The maximum absolute atomic E-state index is 11.4. The Kier molecular flexibility index (Phi) is 6.68. The molecule has 1 amide bonds. The first-order valence-corrected chi connectivity index (χ1v) is 6.44. The summed E-state index contributed by atoms with van der Waals surface area (Å²) >= 11 is 0. The number of aromatic hydroxyl groups is 1. The first kappa shape index (κ1) is 17.3. The smallest absolute Gasteiger partial charge is 0.315 e. The first-order valence-electron chi connectivity index (χ1n) is 6.44. The Balaban J connectivity index is 2.74. The normalized spacial score (nSPS) is 10.3. The number of esters is 1. The largest absolute Gasteiger partial charge is 0.507 e. The van der Waals surface area contributed by atoms with Gasteiger partial charge in [-0.25, -0.2) is 5.43 Å². The zero-order chi connectivity index (χ0) is 16.5. The molecule has 22 heavy (non-hydrogen) atoms. The number of methoxy groups -OCH3 is 2. The molecular weight excluding hydrogens is 292 g/mol. The second kappa shape index (κ2) is 8.50. The molecule has 0 atom stereocenters. The fraction of sp³-hybridized carbons (Fsp3) is 0.357. The lowest BCUT2D eigenvalue weighted by Crippen LogP contribution is -2.22. The fourth-order valence-corrected chi connectivity index (χ4v) is 1.56. The Morgan fingerprint density at radius 2 is 2.05 bits per heavy atom. The third kappa shape index (κ3) is 4.97. The van der Waals surface area contributed by atoms with Crippen molar-refractivity contribution in [3.05, 3.63) is 17.7 Å². The molecule has 0 radical (unpaired) electrons. The highest BCUT2D eigenvalue weighted by molar-refractivity contribution is 5.95. The monoisotopic (exact) mass is 310 g/mol. The highest BCUT2D eigenvalue weighted by atomic mass is 16.5. The summed E-state index contributed by atoms with van der Waals surface area (Å²) < 4.78 is 14.7. The molecule has 0 aliphatic rings. The van der Waals surface area contributed by atoms with E-state index in [2.05, 4.69) is 15.3 Å². The lowest BCUT2D eigenvalue weighted by molar-refractivity contribution is -0.145. The van der Waals surface area contributed by atoms with Gasteiger partial charge in [0.05, 0.1) is 32.6 Å². The van der Waals surface area contributed by atoms with E-state index in [0.29, 0.717) is 11.5 Å². The van der Waals surface area contributed by atoms with Gasteiger partial charge >= 0.3 is 5.97 Å². The van der Waals surface area contributed by atoms with E-state index in [1.54, 1.807) is 13.0 Å². The molecule has 2 N–H and O–H groups in total. The van der Waals surface area contributed by atoms with Crippen LogP contribution in [0.5, 0.6) is 17.2 Å². The molecule has 0 unspecified atom stereocenters. The zero-order valence-corrected chi connectivity index (χ0v) is 12.6. The maximum atomic E-state index is 11.4. The Morgan fingerprint density at radius 3 is 2.64 bits per heavy atom. The lowest BCUT2D eigenvalue weighted by Gasteiger charge is -2.09. The standard InChI is InChI=1S/C14H18N2O6/c1-4-22-14(19)7-13(18)16-15-8-10-11(17)5-9(20-2)6-12(10)21-3/h5-6,8,17H,4,7H2,1-3H3,(H,16,18)/b15-8+. The lowest BCUT2D eigenvalue weighted by atomic mass is 10.2. The van der Waals surface area contributed by atoms with Crippen molar-refractivity contribution in [1.82, 2.24) is 5.43 Å². The van der Waals surface area contributed by atoms with Crippen molar-refractivity contribution >= 4 is 18.1 Å². The number of phenols is 1. The molecule has 1 aromatic carbocycles. The van der Waals surface area contributed by atoms with Gasteiger partial charge in [-0.05, 0) is 6.92 Å². The number of carbonyl (C=O) groups excluding carboxylic acids is 2. The third-order valence-electron chi connectivity index (χ3n) is 2.54. The van der Waals surface area contributed by atoms with Gasteiger partial charge in [0, 0.05) is 12.1 Å². The van der Waals surface area contributed by atoms with Crippen molar-refractivity contribution < 1.29 is 28.9 Å². The predicted octanol–water partition coefficient (Wildman–Crippen LogP) is 0.813. The molecule has 1 aromatic rings. The second-order valence-electron chi connectivity index (χ2n) is 4.04. The molecule has 0 saturated carbocycles. The van der Waals surface area contributed by atoms with Crippen molar-refractivity contribution in [3.8, 4) is 17.2 Å². The summed E-state index contributed by atoms with van der Waals surface area (Å²) in [5, 5.41) is 13.5. The van der Waals surface area contributed by atoms with E-state index in [-0.39, 0.29) is 17.9 Å². The van der Waals surface area contributed by atoms with Gasteiger partial charge in [-0.1, -0.05) is 0 Å². The van der Waals surface area contributed by atoms with E-state index < -0.39 is 18.3 Å². The van der Waals surface area contributed by atoms with Crippen LogP contribution in [0.25, 0.3) is 0 Å². The summed E-state index contributed by atoms with van der Waals surface area (Å²) in [5.74, 6) is -0.653. The van der Waals surface area contributed by atoms with E-state index in [9.17, 15) is 14.7 Å². The number of nitrogens with zero attached hydrogens (tertiary/aromatic N) is 1. The van der Waals surface area contributed by atoms with E-state index >= 15 is 0 Å². The number of rotatable bonds is 7. The predicted molar refractivity (Wildman–Crippen MR) is 78.2 cm³/mol. The van der Waals surface area contributed by atoms with Crippen LogP contribution in [0, 0.1) is 0 Å². The SMILES string of the molecule is CCOC(=O)CC(=O)N/N=C/c1c(O)cc(OC)cc1OC. The van der Waals surface area contributed by atoms with Gasteiger partial charge in [-0.3, -0.25) is 9.59 Å². The van der Waals surface area contributed by atoms with Crippen LogP contribution in [-0.2, 0) is 14.3 Å². The van der Waals surface area contributed by atoms with Gasteiger partial charge in [0.1, 0.15) is 23.7 Å². The van der Waals surface area contributed by atoms with E-state index in [0.717, 1.165) is 0 Å². The Bertz CT molecular complexity index is 571. The number of nitrogens with one attached hydrogen (secondary N) is 1. The van der Waals surface area contributed by atoms with Crippen LogP contribution in [-0.4, -0.2) is 44.0 Å². The number of benzene rings is 1. The van der Waals surface area contributed by atoms with Crippen LogP contribution in [0.1, 0.15) is 18.9 Å². The van der Waals surface area contributed by atoms with Gasteiger partial charge < -0.3 is 19.3 Å². The van der Waals surface area contributed by atoms with Gasteiger partial charge in [0.25, 0.3) is 5.91 Å². The molecule has 0 spiro atoms.